The van der Waals surface area contributed by atoms with Crippen LogP contribution in [0.25, 0.3) is 0 Å². The second-order valence-corrected chi connectivity index (χ2v) is 9.85. The van der Waals surface area contributed by atoms with Crippen LogP contribution >= 0.6 is 7.60 Å². The first-order valence-corrected chi connectivity index (χ1v) is 12.0. The monoisotopic (exact) mass is 526 g/mol. The molecule has 0 N–H and O–H groups in total. The molecule has 0 radical (unpaired) electrons. The topological polar surface area (TPSA) is 176 Å². The fourth-order valence-electron chi connectivity index (χ4n) is 3.55. The van der Waals surface area contributed by atoms with Gasteiger partial charge in [0.25, 0.3) is 0 Å². The summed E-state index contributed by atoms with van der Waals surface area (Å²) in [5, 5.41) is 0. The van der Waals surface area contributed by atoms with E-state index in [9.17, 15) is 28.5 Å². The maximum atomic E-state index is 13.1. The summed E-state index contributed by atoms with van der Waals surface area (Å²) in [6, 6.07) is 0. The molecule has 1 rings (SSSR count). The third-order valence-corrected chi connectivity index (χ3v) is 7.11. The first kappa shape index (κ1) is 30.5. The number of carbonyl (C=O) groups excluding carboxylic acids is 5. The normalized spacial score (nSPS) is 25.1. The summed E-state index contributed by atoms with van der Waals surface area (Å²) in [6.45, 7) is 3.90. The first-order valence-electron chi connectivity index (χ1n) is 10.4. The highest BCUT2D eigenvalue weighted by atomic mass is 31.2. The van der Waals surface area contributed by atoms with E-state index in [1.54, 1.807) is 0 Å². The lowest BCUT2D eigenvalue weighted by Crippen LogP contribution is -2.63. The number of hydrogen-bond acceptors (Lipinski definition) is 14. The Hall–Kier alpha value is -2.54. The zero-order valence-electron chi connectivity index (χ0n) is 20.5. The molecule has 1 fully saturated rings. The molecule has 1 unspecified atom stereocenters. The van der Waals surface area contributed by atoms with Gasteiger partial charge in [-0.05, 0) is 0 Å². The summed E-state index contributed by atoms with van der Waals surface area (Å²) >= 11 is 0. The molecule has 1 aliphatic rings. The highest BCUT2D eigenvalue weighted by Gasteiger charge is 2.54. The Bertz CT molecular complexity index is 834. The van der Waals surface area contributed by atoms with Crippen LogP contribution < -0.4 is 0 Å². The Morgan fingerprint density at radius 2 is 1.20 bits per heavy atom. The quantitative estimate of drug-likeness (QED) is 0.207. The fraction of sp³-hybridized carbons (Fsp3) is 0.750. The third kappa shape index (κ3) is 8.57. The van der Waals surface area contributed by atoms with Crippen LogP contribution in [0.3, 0.4) is 0 Å². The summed E-state index contributed by atoms with van der Waals surface area (Å²) in [5.41, 5.74) is -1.55. The van der Waals surface area contributed by atoms with Crippen LogP contribution in [0.5, 0.6) is 0 Å². The van der Waals surface area contributed by atoms with Gasteiger partial charge in [-0.15, -0.1) is 0 Å². The van der Waals surface area contributed by atoms with Gasteiger partial charge in [0.1, 0.15) is 18.8 Å². The highest BCUT2D eigenvalue weighted by Crippen LogP contribution is 2.54. The SMILES string of the molecule is COC(=O)C(C[C@H]1O[C@H](COC(C)=O)[C@H](OC(C)=O)[C@H](OC(C)=O)[C@H]1OC(C)=O)P(=O)(OC)OC. The molecular formula is C20H31O14P. The number of carbonyl (C=O) groups is 5. The van der Waals surface area contributed by atoms with Crippen LogP contribution in [0.2, 0.25) is 0 Å². The number of esters is 5. The van der Waals surface area contributed by atoms with Gasteiger partial charge >= 0.3 is 37.4 Å². The molecule has 15 heteroatoms. The van der Waals surface area contributed by atoms with E-state index in [-0.39, 0.29) is 0 Å². The van der Waals surface area contributed by atoms with E-state index in [4.69, 9.17) is 37.5 Å². The predicted molar refractivity (Wildman–Crippen MR) is 114 cm³/mol. The summed E-state index contributed by atoms with van der Waals surface area (Å²) in [6.07, 6.45) is -7.26. The van der Waals surface area contributed by atoms with Crippen LogP contribution in [0.15, 0.2) is 0 Å². The number of rotatable bonds is 11. The van der Waals surface area contributed by atoms with Crippen molar-refractivity contribution in [3.63, 3.8) is 0 Å². The highest BCUT2D eigenvalue weighted by molar-refractivity contribution is 7.55. The molecule has 0 aromatic carbocycles. The Kier molecular flexibility index (Phi) is 11.8. The number of methoxy groups -OCH3 is 1. The second kappa shape index (κ2) is 13.5. The van der Waals surface area contributed by atoms with E-state index in [2.05, 4.69) is 0 Å². The molecule has 1 aliphatic heterocycles. The van der Waals surface area contributed by atoms with Gasteiger partial charge in [0.15, 0.2) is 24.0 Å². The predicted octanol–water partition coefficient (Wildman–Crippen LogP) is 0.530. The van der Waals surface area contributed by atoms with Crippen molar-refractivity contribution in [3.05, 3.63) is 0 Å². The molecule has 1 saturated heterocycles. The Morgan fingerprint density at radius 3 is 1.60 bits per heavy atom. The Labute approximate surface area is 202 Å². The summed E-state index contributed by atoms with van der Waals surface area (Å²) in [7, 11) is -0.921. The molecule has 1 heterocycles. The van der Waals surface area contributed by atoms with Crippen LogP contribution in [-0.2, 0) is 66.0 Å². The van der Waals surface area contributed by atoms with Crippen molar-refractivity contribution in [2.24, 2.45) is 0 Å². The second-order valence-electron chi connectivity index (χ2n) is 7.42. The van der Waals surface area contributed by atoms with Gasteiger partial charge in [0.2, 0.25) is 0 Å². The van der Waals surface area contributed by atoms with Crippen LogP contribution in [0.4, 0.5) is 0 Å². The van der Waals surface area contributed by atoms with Crippen molar-refractivity contribution in [2.75, 3.05) is 27.9 Å². The largest absolute Gasteiger partial charge is 0.468 e. The van der Waals surface area contributed by atoms with Crippen molar-refractivity contribution < 1.29 is 66.0 Å². The van der Waals surface area contributed by atoms with Gasteiger partial charge in [-0.2, -0.15) is 0 Å². The van der Waals surface area contributed by atoms with Gasteiger partial charge in [-0.25, -0.2) is 0 Å². The summed E-state index contributed by atoms with van der Waals surface area (Å²) < 4.78 is 54.6. The average molecular weight is 526 g/mol. The maximum absolute atomic E-state index is 13.1. The molecule has 0 aliphatic carbocycles. The minimum Gasteiger partial charge on any atom is -0.468 e. The van der Waals surface area contributed by atoms with Crippen molar-refractivity contribution in [2.45, 2.75) is 70.3 Å². The molecule has 0 spiro atoms. The first-order chi connectivity index (χ1) is 16.3. The molecule has 0 aromatic rings. The van der Waals surface area contributed by atoms with Crippen LogP contribution in [0.1, 0.15) is 34.1 Å². The van der Waals surface area contributed by atoms with Crippen molar-refractivity contribution in [3.8, 4) is 0 Å². The standard InChI is InChI=1S/C20H31O14P/c1-10(21)30-9-15-18(32-12(3)23)19(33-13(4)24)17(31-11(2)22)14(34-15)8-16(20(25)27-5)35(26,28-6)29-7/h14-19H,8-9H2,1-7H3/t14-,15-,16?,17+,18+,19-/m1/s1. The van der Waals surface area contributed by atoms with Crippen molar-refractivity contribution in [1.82, 2.24) is 0 Å². The van der Waals surface area contributed by atoms with E-state index < -0.39 is 86.6 Å². The zero-order chi connectivity index (χ0) is 26.9. The minimum atomic E-state index is -4.10. The summed E-state index contributed by atoms with van der Waals surface area (Å²) in [5.74, 6) is -4.10. The summed E-state index contributed by atoms with van der Waals surface area (Å²) in [4.78, 5) is 59.5. The molecule has 0 amide bonds. The van der Waals surface area contributed by atoms with Gasteiger partial charge in [-0.3, -0.25) is 28.5 Å². The lowest BCUT2D eigenvalue weighted by atomic mass is 9.91. The Morgan fingerprint density at radius 1 is 0.743 bits per heavy atom. The molecule has 200 valence electrons. The minimum absolute atomic E-state index is 0.455. The van der Waals surface area contributed by atoms with Crippen molar-refractivity contribution >= 4 is 37.4 Å². The molecule has 14 nitrogen and oxygen atoms in total. The van der Waals surface area contributed by atoms with E-state index in [0.717, 1.165) is 49.0 Å². The van der Waals surface area contributed by atoms with Crippen molar-refractivity contribution in [1.29, 1.82) is 0 Å². The molecule has 35 heavy (non-hydrogen) atoms. The number of ether oxygens (including phenoxy) is 6. The van der Waals surface area contributed by atoms with E-state index >= 15 is 0 Å². The van der Waals surface area contributed by atoms with Crippen LogP contribution in [-0.4, -0.2) is 94.0 Å². The van der Waals surface area contributed by atoms with Gasteiger partial charge in [0.05, 0.1) is 7.11 Å². The van der Waals surface area contributed by atoms with Gasteiger partial charge in [-0.1, -0.05) is 0 Å². The maximum Gasteiger partial charge on any atom is 0.344 e. The zero-order valence-corrected chi connectivity index (χ0v) is 21.4. The average Bonchev–Trinajstić information content (AvgIpc) is 2.77. The molecule has 0 aromatic heterocycles. The molecular weight excluding hydrogens is 495 g/mol. The lowest BCUT2D eigenvalue weighted by Gasteiger charge is -2.45. The van der Waals surface area contributed by atoms with E-state index in [0.29, 0.717) is 0 Å². The Balaban J connectivity index is 3.59. The fourth-order valence-corrected chi connectivity index (χ4v) is 5.03. The smallest absolute Gasteiger partial charge is 0.344 e. The third-order valence-electron chi connectivity index (χ3n) is 4.91. The molecule has 6 atom stereocenters. The van der Waals surface area contributed by atoms with Gasteiger partial charge < -0.3 is 37.5 Å². The number of hydrogen-bond donors (Lipinski definition) is 0. The van der Waals surface area contributed by atoms with E-state index in [1.165, 1.54) is 0 Å². The molecule has 0 bridgehead atoms. The molecule has 0 saturated carbocycles. The van der Waals surface area contributed by atoms with Crippen LogP contribution in [0, 0.1) is 0 Å². The lowest BCUT2D eigenvalue weighted by molar-refractivity contribution is -0.253. The van der Waals surface area contributed by atoms with E-state index in [1.807, 2.05) is 0 Å². The van der Waals surface area contributed by atoms with Gasteiger partial charge in [0, 0.05) is 48.3 Å².